The molecule has 0 saturated carbocycles. The van der Waals surface area contributed by atoms with Gasteiger partial charge >= 0.3 is 0 Å². The van der Waals surface area contributed by atoms with Crippen LogP contribution in [0.1, 0.15) is 41.9 Å². The number of H-pyrrole nitrogens is 1. The van der Waals surface area contributed by atoms with Crippen molar-refractivity contribution in [2.75, 3.05) is 13.1 Å². The van der Waals surface area contributed by atoms with Gasteiger partial charge in [-0.15, -0.1) is 0 Å². The first kappa shape index (κ1) is 19.1. The molecule has 1 aliphatic heterocycles. The molecule has 1 fully saturated rings. The van der Waals surface area contributed by atoms with Gasteiger partial charge in [-0.05, 0) is 42.2 Å². The van der Waals surface area contributed by atoms with Gasteiger partial charge < -0.3 is 14.8 Å². The van der Waals surface area contributed by atoms with E-state index < -0.39 is 0 Å². The molecule has 1 aromatic carbocycles. The Morgan fingerprint density at radius 3 is 2.59 bits per heavy atom. The van der Waals surface area contributed by atoms with Crippen LogP contribution in [0.2, 0.25) is 0 Å². The highest BCUT2D eigenvalue weighted by atomic mass is 19.1. The highest BCUT2D eigenvalue weighted by Gasteiger charge is 2.33. The standard InChI is InChI=1S/C21H26FN3O2/c1-14(2)19-13-24(21(27)18-10-15(3)11-23-18)9-8-20(26)25(19)12-16-4-6-17(22)7-5-16/h4-7,10-11,14,19,23H,8-9,12-13H2,1-3H3/t19-/m0/s1. The Bertz CT molecular complexity index is 813. The molecule has 1 atom stereocenters. The second-order valence-corrected chi connectivity index (χ2v) is 7.55. The lowest BCUT2D eigenvalue weighted by Gasteiger charge is -2.34. The molecule has 1 saturated heterocycles. The van der Waals surface area contributed by atoms with Gasteiger partial charge in [0.05, 0.1) is 6.04 Å². The molecule has 2 aromatic rings. The zero-order valence-corrected chi connectivity index (χ0v) is 16.0. The fourth-order valence-electron chi connectivity index (χ4n) is 3.52. The second kappa shape index (κ2) is 7.94. The molecule has 1 aliphatic rings. The molecular weight excluding hydrogens is 345 g/mol. The molecular formula is C21H26FN3O2. The molecule has 0 radical (unpaired) electrons. The summed E-state index contributed by atoms with van der Waals surface area (Å²) in [6.07, 6.45) is 2.09. The van der Waals surface area contributed by atoms with Gasteiger partial charge in [0.2, 0.25) is 5.91 Å². The van der Waals surface area contributed by atoms with Gasteiger partial charge in [0, 0.05) is 32.3 Å². The number of amides is 2. The molecule has 1 aromatic heterocycles. The van der Waals surface area contributed by atoms with Crippen molar-refractivity contribution >= 4 is 11.8 Å². The Labute approximate surface area is 159 Å². The molecule has 2 amide bonds. The number of aryl methyl sites for hydroxylation is 1. The van der Waals surface area contributed by atoms with E-state index >= 15 is 0 Å². The first-order valence-electron chi connectivity index (χ1n) is 9.33. The molecule has 27 heavy (non-hydrogen) atoms. The molecule has 0 bridgehead atoms. The topological polar surface area (TPSA) is 56.4 Å². The molecule has 3 rings (SSSR count). The number of hydrogen-bond acceptors (Lipinski definition) is 2. The molecule has 6 heteroatoms. The quantitative estimate of drug-likeness (QED) is 0.896. The number of aromatic nitrogens is 1. The maximum absolute atomic E-state index is 13.2. The van der Waals surface area contributed by atoms with Crippen LogP contribution >= 0.6 is 0 Å². The highest BCUT2D eigenvalue weighted by molar-refractivity contribution is 5.93. The average Bonchev–Trinajstić information content (AvgIpc) is 3.00. The lowest BCUT2D eigenvalue weighted by atomic mass is 10.0. The third-order valence-corrected chi connectivity index (χ3v) is 5.10. The van der Waals surface area contributed by atoms with Crippen LogP contribution in [0.3, 0.4) is 0 Å². The molecule has 144 valence electrons. The number of hydrogen-bond donors (Lipinski definition) is 1. The number of halogens is 1. The summed E-state index contributed by atoms with van der Waals surface area (Å²) in [4.78, 5) is 32.3. The van der Waals surface area contributed by atoms with Crippen LogP contribution in [0, 0.1) is 18.7 Å². The fourth-order valence-corrected chi connectivity index (χ4v) is 3.52. The number of benzene rings is 1. The number of carbonyl (C=O) groups excluding carboxylic acids is 2. The van der Waals surface area contributed by atoms with Gasteiger partial charge in [-0.3, -0.25) is 9.59 Å². The zero-order chi connectivity index (χ0) is 19.6. The maximum atomic E-state index is 13.2. The summed E-state index contributed by atoms with van der Waals surface area (Å²) < 4.78 is 13.2. The predicted octanol–water partition coefficient (Wildman–Crippen LogP) is 3.36. The van der Waals surface area contributed by atoms with Crippen molar-refractivity contribution in [3.05, 3.63) is 59.2 Å². The summed E-state index contributed by atoms with van der Waals surface area (Å²) in [6, 6.07) is 7.96. The van der Waals surface area contributed by atoms with Crippen LogP contribution in [0.15, 0.2) is 36.5 Å². The minimum absolute atomic E-state index is 0.0241. The number of aromatic amines is 1. The molecule has 0 unspecified atom stereocenters. The van der Waals surface area contributed by atoms with Crippen molar-refractivity contribution in [3.63, 3.8) is 0 Å². The summed E-state index contributed by atoms with van der Waals surface area (Å²) in [6.45, 7) is 7.36. The van der Waals surface area contributed by atoms with Crippen LogP contribution in [-0.2, 0) is 11.3 Å². The summed E-state index contributed by atoms with van der Waals surface area (Å²) in [5.74, 6) is -0.159. The largest absolute Gasteiger partial charge is 0.357 e. The third-order valence-electron chi connectivity index (χ3n) is 5.10. The summed E-state index contributed by atoms with van der Waals surface area (Å²) in [5.41, 5.74) is 2.44. The van der Waals surface area contributed by atoms with E-state index in [1.807, 2.05) is 17.9 Å². The molecule has 0 spiro atoms. The van der Waals surface area contributed by atoms with E-state index in [1.165, 1.54) is 12.1 Å². The molecule has 2 heterocycles. The van der Waals surface area contributed by atoms with E-state index in [-0.39, 0.29) is 36.0 Å². The molecule has 1 N–H and O–H groups in total. The summed E-state index contributed by atoms with van der Waals surface area (Å²) in [7, 11) is 0. The Balaban J connectivity index is 1.81. The smallest absolute Gasteiger partial charge is 0.270 e. The number of nitrogens with one attached hydrogen (secondary N) is 1. The Morgan fingerprint density at radius 2 is 2.00 bits per heavy atom. The first-order valence-corrected chi connectivity index (χ1v) is 9.33. The Morgan fingerprint density at radius 1 is 1.30 bits per heavy atom. The maximum Gasteiger partial charge on any atom is 0.270 e. The van der Waals surface area contributed by atoms with Crippen molar-refractivity contribution < 1.29 is 14.0 Å². The third kappa shape index (κ3) is 4.38. The lowest BCUT2D eigenvalue weighted by molar-refractivity contribution is -0.134. The van der Waals surface area contributed by atoms with E-state index in [0.29, 0.717) is 25.3 Å². The average molecular weight is 371 g/mol. The van der Waals surface area contributed by atoms with Crippen molar-refractivity contribution in [1.82, 2.24) is 14.8 Å². The first-order chi connectivity index (χ1) is 12.8. The number of rotatable bonds is 4. The summed E-state index contributed by atoms with van der Waals surface area (Å²) >= 11 is 0. The van der Waals surface area contributed by atoms with Crippen LogP contribution in [0.4, 0.5) is 4.39 Å². The minimum atomic E-state index is -0.292. The van der Waals surface area contributed by atoms with Gasteiger partial charge in [0.1, 0.15) is 11.5 Å². The van der Waals surface area contributed by atoms with Crippen molar-refractivity contribution in [3.8, 4) is 0 Å². The van der Waals surface area contributed by atoms with Gasteiger partial charge in [0.15, 0.2) is 0 Å². The fraction of sp³-hybridized carbons (Fsp3) is 0.429. The van der Waals surface area contributed by atoms with E-state index in [2.05, 4.69) is 18.8 Å². The van der Waals surface area contributed by atoms with E-state index in [0.717, 1.165) is 11.1 Å². The van der Waals surface area contributed by atoms with Crippen molar-refractivity contribution in [2.24, 2.45) is 5.92 Å². The van der Waals surface area contributed by atoms with Gasteiger partial charge in [-0.1, -0.05) is 26.0 Å². The number of carbonyl (C=O) groups is 2. The van der Waals surface area contributed by atoms with Gasteiger partial charge in [-0.25, -0.2) is 4.39 Å². The van der Waals surface area contributed by atoms with Crippen molar-refractivity contribution in [1.29, 1.82) is 0 Å². The lowest BCUT2D eigenvalue weighted by Crippen LogP contribution is -2.47. The van der Waals surface area contributed by atoms with Crippen LogP contribution in [0.25, 0.3) is 0 Å². The number of nitrogens with zero attached hydrogens (tertiary/aromatic N) is 2. The minimum Gasteiger partial charge on any atom is -0.357 e. The predicted molar refractivity (Wildman–Crippen MR) is 102 cm³/mol. The van der Waals surface area contributed by atoms with Crippen molar-refractivity contribution in [2.45, 2.75) is 39.8 Å². The van der Waals surface area contributed by atoms with Crippen LogP contribution in [-0.4, -0.2) is 45.7 Å². The summed E-state index contributed by atoms with van der Waals surface area (Å²) in [5, 5.41) is 0. The molecule has 5 nitrogen and oxygen atoms in total. The van der Waals surface area contributed by atoms with E-state index in [4.69, 9.17) is 0 Å². The van der Waals surface area contributed by atoms with E-state index in [9.17, 15) is 14.0 Å². The molecule has 0 aliphatic carbocycles. The van der Waals surface area contributed by atoms with Gasteiger partial charge in [-0.2, -0.15) is 0 Å². The van der Waals surface area contributed by atoms with Crippen LogP contribution in [0.5, 0.6) is 0 Å². The monoisotopic (exact) mass is 371 g/mol. The van der Waals surface area contributed by atoms with Crippen LogP contribution < -0.4 is 0 Å². The zero-order valence-electron chi connectivity index (χ0n) is 16.0. The second-order valence-electron chi connectivity index (χ2n) is 7.55. The van der Waals surface area contributed by atoms with Gasteiger partial charge in [0.25, 0.3) is 5.91 Å². The Hall–Kier alpha value is -2.63. The SMILES string of the molecule is Cc1c[nH]c(C(=O)N2CCC(=O)N(Cc3ccc(F)cc3)[C@H](C(C)C)C2)c1. The Kier molecular flexibility index (Phi) is 5.63. The normalized spacial score (nSPS) is 18.1. The van der Waals surface area contributed by atoms with E-state index in [1.54, 1.807) is 23.2 Å². The highest BCUT2D eigenvalue weighted by Crippen LogP contribution is 2.22.